The van der Waals surface area contributed by atoms with Gasteiger partial charge in [0.15, 0.2) is 5.78 Å². The van der Waals surface area contributed by atoms with Gasteiger partial charge in [-0.15, -0.1) is 0 Å². The van der Waals surface area contributed by atoms with Crippen LogP contribution in [-0.4, -0.2) is 42.6 Å². The van der Waals surface area contributed by atoms with Crippen LogP contribution in [0.2, 0.25) is 0 Å². The van der Waals surface area contributed by atoms with Crippen LogP contribution in [0, 0.1) is 5.92 Å². The average molecular weight is 277 g/mol. The predicted molar refractivity (Wildman–Crippen MR) is 78.1 cm³/mol. The van der Waals surface area contributed by atoms with Crippen LogP contribution in [0.5, 0.6) is 5.75 Å². The van der Waals surface area contributed by atoms with Crippen molar-refractivity contribution in [3.05, 3.63) is 29.3 Å². The maximum Gasteiger partial charge on any atom is 0.159 e. The number of likely N-dealkylation sites (tertiary alicyclic amines) is 1. The molecular formula is C16H23NO3. The van der Waals surface area contributed by atoms with Crippen LogP contribution in [0.3, 0.4) is 0 Å². The van der Waals surface area contributed by atoms with Crippen molar-refractivity contribution in [2.24, 2.45) is 5.92 Å². The minimum atomic E-state index is 0.0702. The molecule has 0 radical (unpaired) electrons. The number of hydrogen-bond donors (Lipinski definition) is 1. The van der Waals surface area contributed by atoms with Gasteiger partial charge in [0.25, 0.3) is 0 Å². The van der Waals surface area contributed by atoms with Gasteiger partial charge >= 0.3 is 0 Å². The number of piperidine rings is 1. The molecule has 0 aliphatic carbocycles. The molecule has 1 aromatic carbocycles. The number of carbonyl (C=O) groups is 1. The SMILES string of the molecule is COc1ccc(C(C)=O)cc1CN1CCCC(CO)C1. The van der Waals surface area contributed by atoms with Gasteiger partial charge in [0.1, 0.15) is 5.75 Å². The lowest BCUT2D eigenvalue weighted by molar-refractivity contribution is 0.101. The summed E-state index contributed by atoms with van der Waals surface area (Å²) in [6.45, 7) is 4.53. The molecule has 1 aliphatic heterocycles. The molecule has 1 atom stereocenters. The zero-order valence-electron chi connectivity index (χ0n) is 12.3. The summed E-state index contributed by atoms with van der Waals surface area (Å²) < 4.78 is 5.39. The van der Waals surface area contributed by atoms with Gasteiger partial charge in [-0.3, -0.25) is 9.69 Å². The van der Waals surface area contributed by atoms with Gasteiger partial charge in [0.05, 0.1) is 7.11 Å². The van der Waals surface area contributed by atoms with Gasteiger partial charge < -0.3 is 9.84 Å². The Morgan fingerprint density at radius 2 is 2.30 bits per heavy atom. The molecule has 0 saturated carbocycles. The maximum absolute atomic E-state index is 11.5. The van der Waals surface area contributed by atoms with Crippen molar-refractivity contribution in [3.63, 3.8) is 0 Å². The molecule has 0 spiro atoms. The van der Waals surface area contributed by atoms with Crippen molar-refractivity contribution in [3.8, 4) is 5.75 Å². The van der Waals surface area contributed by atoms with Crippen molar-refractivity contribution in [2.75, 3.05) is 26.8 Å². The Balaban J connectivity index is 2.14. The van der Waals surface area contributed by atoms with E-state index in [1.807, 2.05) is 12.1 Å². The third kappa shape index (κ3) is 3.58. The Hall–Kier alpha value is -1.39. The van der Waals surface area contributed by atoms with E-state index in [0.29, 0.717) is 5.92 Å². The van der Waals surface area contributed by atoms with Crippen LogP contribution in [-0.2, 0) is 6.54 Å². The molecule has 1 saturated heterocycles. The standard InChI is InChI=1S/C16H23NO3/c1-12(19)14-5-6-16(20-2)15(8-14)10-17-7-3-4-13(9-17)11-18/h5-6,8,13,18H,3-4,7,9-11H2,1-2H3. The smallest absolute Gasteiger partial charge is 0.159 e. The molecule has 1 heterocycles. The Bertz CT molecular complexity index is 473. The molecule has 2 rings (SSSR count). The summed E-state index contributed by atoms with van der Waals surface area (Å²) in [6, 6.07) is 5.58. The van der Waals surface area contributed by atoms with E-state index in [2.05, 4.69) is 4.90 Å². The number of benzene rings is 1. The monoisotopic (exact) mass is 277 g/mol. The number of ether oxygens (including phenoxy) is 1. The molecule has 20 heavy (non-hydrogen) atoms. The second kappa shape index (κ2) is 6.86. The third-order valence-electron chi connectivity index (χ3n) is 3.94. The summed E-state index contributed by atoms with van der Waals surface area (Å²) in [6.07, 6.45) is 2.21. The highest BCUT2D eigenvalue weighted by molar-refractivity contribution is 5.94. The highest BCUT2D eigenvalue weighted by Crippen LogP contribution is 2.24. The summed E-state index contributed by atoms with van der Waals surface area (Å²) in [5, 5.41) is 9.30. The van der Waals surface area contributed by atoms with E-state index >= 15 is 0 Å². The summed E-state index contributed by atoms with van der Waals surface area (Å²) in [7, 11) is 1.65. The lowest BCUT2D eigenvalue weighted by Crippen LogP contribution is -2.36. The first-order chi connectivity index (χ1) is 9.63. The van der Waals surface area contributed by atoms with Crippen LogP contribution in [0.4, 0.5) is 0 Å². The topological polar surface area (TPSA) is 49.8 Å². The fraction of sp³-hybridized carbons (Fsp3) is 0.562. The lowest BCUT2D eigenvalue weighted by Gasteiger charge is -2.32. The van der Waals surface area contributed by atoms with E-state index in [-0.39, 0.29) is 12.4 Å². The number of ketones is 1. The average Bonchev–Trinajstić information content (AvgIpc) is 2.47. The lowest BCUT2D eigenvalue weighted by atomic mass is 9.98. The molecule has 1 N–H and O–H groups in total. The number of carbonyl (C=O) groups excluding carboxylic acids is 1. The van der Waals surface area contributed by atoms with E-state index in [1.54, 1.807) is 20.1 Å². The molecule has 0 bridgehead atoms. The molecule has 0 aromatic heterocycles. The Kier molecular flexibility index (Phi) is 5.15. The van der Waals surface area contributed by atoms with E-state index < -0.39 is 0 Å². The van der Waals surface area contributed by atoms with Gasteiger partial charge in [-0.2, -0.15) is 0 Å². The number of hydrogen-bond acceptors (Lipinski definition) is 4. The van der Waals surface area contributed by atoms with Crippen LogP contribution >= 0.6 is 0 Å². The minimum absolute atomic E-state index is 0.0702. The van der Waals surface area contributed by atoms with E-state index in [4.69, 9.17) is 4.74 Å². The molecule has 4 nitrogen and oxygen atoms in total. The molecule has 1 unspecified atom stereocenters. The van der Waals surface area contributed by atoms with Crippen LogP contribution in [0.1, 0.15) is 35.7 Å². The number of methoxy groups -OCH3 is 1. The van der Waals surface area contributed by atoms with Gasteiger partial charge in [0.2, 0.25) is 0 Å². The van der Waals surface area contributed by atoms with Gasteiger partial charge in [-0.25, -0.2) is 0 Å². The fourth-order valence-electron chi connectivity index (χ4n) is 2.81. The summed E-state index contributed by atoms with van der Waals surface area (Å²) in [5.41, 5.74) is 1.76. The molecular weight excluding hydrogens is 254 g/mol. The molecule has 1 fully saturated rings. The number of nitrogens with zero attached hydrogens (tertiary/aromatic N) is 1. The molecule has 0 amide bonds. The highest BCUT2D eigenvalue weighted by atomic mass is 16.5. The second-order valence-electron chi connectivity index (χ2n) is 5.51. The first kappa shape index (κ1) is 15.0. The van der Waals surface area contributed by atoms with Crippen molar-refractivity contribution in [1.29, 1.82) is 0 Å². The normalized spacial score (nSPS) is 19.9. The van der Waals surface area contributed by atoms with Crippen LogP contribution in [0.25, 0.3) is 0 Å². The van der Waals surface area contributed by atoms with E-state index in [9.17, 15) is 9.90 Å². The highest BCUT2D eigenvalue weighted by Gasteiger charge is 2.20. The van der Waals surface area contributed by atoms with Gasteiger partial charge in [-0.05, 0) is 50.4 Å². The van der Waals surface area contributed by atoms with Crippen molar-refractivity contribution in [1.82, 2.24) is 4.90 Å². The second-order valence-corrected chi connectivity index (χ2v) is 5.51. The van der Waals surface area contributed by atoms with Gasteiger partial charge in [-0.1, -0.05) is 0 Å². The maximum atomic E-state index is 11.5. The summed E-state index contributed by atoms with van der Waals surface area (Å²) in [4.78, 5) is 13.8. The number of rotatable bonds is 5. The molecule has 1 aliphatic rings. The van der Waals surface area contributed by atoms with Crippen molar-refractivity contribution < 1.29 is 14.6 Å². The first-order valence-electron chi connectivity index (χ1n) is 7.15. The summed E-state index contributed by atoms with van der Waals surface area (Å²) >= 11 is 0. The third-order valence-corrected chi connectivity index (χ3v) is 3.94. The van der Waals surface area contributed by atoms with Crippen molar-refractivity contribution in [2.45, 2.75) is 26.3 Å². The Labute approximate surface area is 120 Å². The van der Waals surface area contributed by atoms with Crippen LogP contribution in [0.15, 0.2) is 18.2 Å². The number of aliphatic hydroxyl groups excluding tert-OH is 1. The van der Waals surface area contributed by atoms with Crippen molar-refractivity contribution >= 4 is 5.78 Å². The minimum Gasteiger partial charge on any atom is -0.496 e. The summed E-state index contributed by atoms with van der Waals surface area (Å²) in [5.74, 6) is 1.26. The number of aliphatic hydroxyl groups is 1. The Morgan fingerprint density at radius 3 is 2.95 bits per heavy atom. The Morgan fingerprint density at radius 1 is 1.50 bits per heavy atom. The van der Waals surface area contributed by atoms with E-state index in [1.165, 1.54) is 0 Å². The number of Topliss-reactive ketones (excluding diaryl/α,β-unsaturated/α-hetero) is 1. The molecule has 110 valence electrons. The van der Waals surface area contributed by atoms with E-state index in [0.717, 1.165) is 49.4 Å². The van der Waals surface area contributed by atoms with Gasteiger partial charge in [0, 0.05) is 30.8 Å². The van der Waals surface area contributed by atoms with Crippen LogP contribution < -0.4 is 4.74 Å². The first-order valence-corrected chi connectivity index (χ1v) is 7.15. The molecule has 4 heteroatoms. The largest absolute Gasteiger partial charge is 0.496 e. The fourth-order valence-corrected chi connectivity index (χ4v) is 2.81. The zero-order chi connectivity index (χ0) is 14.5. The predicted octanol–water partition coefficient (Wildman–Crippen LogP) is 2.10. The quantitative estimate of drug-likeness (QED) is 0.837. The molecule has 1 aromatic rings. The zero-order valence-corrected chi connectivity index (χ0v) is 12.3.